The van der Waals surface area contributed by atoms with Gasteiger partial charge in [0.1, 0.15) is 11.5 Å². The summed E-state index contributed by atoms with van der Waals surface area (Å²) in [7, 11) is 1.55. The van der Waals surface area contributed by atoms with Gasteiger partial charge >= 0.3 is 0 Å². The van der Waals surface area contributed by atoms with Crippen LogP contribution >= 0.6 is 0 Å². The van der Waals surface area contributed by atoms with E-state index in [0.717, 1.165) is 5.56 Å². The maximum atomic E-state index is 12.3. The van der Waals surface area contributed by atoms with Gasteiger partial charge in [0.2, 0.25) is 5.91 Å². The third kappa shape index (κ3) is 5.74. The minimum Gasteiger partial charge on any atom is -0.495 e. The fraction of sp³-hybridized carbons (Fsp3) is 0.364. The molecule has 0 fully saturated rings. The van der Waals surface area contributed by atoms with Crippen molar-refractivity contribution < 1.29 is 19.1 Å². The summed E-state index contributed by atoms with van der Waals surface area (Å²) in [5, 5.41) is 5.43. The van der Waals surface area contributed by atoms with Crippen LogP contribution in [0.3, 0.4) is 0 Å². The molecular weight excluding hydrogens is 356 g/mol. The lowest BCUT2D eigenvalue weighted by molar-refractivity contribution is -0.115. The fourth-order valence-electron chi connectivity index (χ4n) is 2.60. The summed E-state index contributed by atoms with van der Waals surface area (Å²) in [6.45, 7) is 8.60. The zero-order valence-corrected chi connectivity index (χ0v) is 17.1. The highest BCUT2D eigenvalue weighted by Gasteiger charge is 2.17. The third-order valence-electron chi connectivity index (χ3n) is 4.18. The summed E-state index contributed by atoms with van der Waals surface area (Å²) < 4.78 is 10.7. The van der Waals surface area contributed by atoms with Crippen molar-refractivity contribution in [3.63, 3.8) is 0 Å². The summed E-state index contributed by atoms with van der Waals surface area (Å²) in [6.07, 6.45) is 0. The average molecular weight is 384 g/mol. The Morgan fingerprint density at radius 2 is 1.71 bits per heavy atom. The molecule has 0 bridgehead atoms. The lowest BCUT2D eigenvalue weighted by atomic mass is 9.87. The predicted octanol–water partition coefficient (Wildman–Crippen LogP) is 3.76. The maximum absolute atomic E-state index is 12.3. The van der Waals surface area contributed by atoms with Crippen LogP contribution in [0.15, 0.2) is 42.5 Å². The van der Waals surface area contributed by atoms with E-state index in [2.05, 4.69) is 31.4 Å². The molecular formula is C22H28N2O4. The summed E-state index contributed by atoms with van der Waals surface area (Å²) in [6, 6.07) is 12.5. The Balaban J connectivity index is 1.99. The second kappa shape index (κ2) is 9.26. The molecule has 2 rings (SSSR count). The Hall–Kier alpha value is -3.02. The third-order valence-corrected chi connectivity index (χ3v) is 4.18. The number of ether oxygens (including phenoxy) is 2. The lowest BCUT2D eigenvalue weighted by Crippen LogP contribution is -2.33. The number of benzene rings is 2. The van der Waals surface area contributed by atoms with Crippen LogP contribution in [-0.4, -0.2) is 32.1 Å². The second-order valence-electron chi connectivity index (χ2n) is 7.35. The lowest BCUT2D eigenvalue weighted by Gasteiger charge is -2.21. The Morgan fingerprint density at radius 3 is 2.29 bits per heavy atom. The minimum absolute atomic E-state index is 0.0619. The normalized spacial score (nSPS) is 10.9. The van der Waals surface area contributed by atoms with Gasteiger partial charge in [0.05, 0.1) is 25.9 Å². The second-order valence-corrected chi connectivity index (χ2v) is 7.35. The Morgan fingerprint density at radius 1 is 1.04 bits per heavy atom. The van der Waals surface area contributed by atoms with Crippen LogP contribution in [0.4, 0.5) is 5.69 Å². The van der Waals surface area contributed by atoms with E-state index < -0.39 is 0 Å². The molecule has 0 heterocycles. The number of carbonyl (C=O) groups excluding carboxylic acids is 2. The Bertz CT molecular complexity index is 823. The number of hydrogen-bond donors (Lipinski definition) is 2. The Kier molecular flexibility index (Phi) is 7.04. The summed E-state index contributed by atoms with van der Waals surface area (Å²) in [5.41, 5.74) is 2.05. The smallest absolute Gasteiger partial charge is 0.251 e. The minimum atomic E-state index is -0.330. The number of hydrogen-bond acceptors (Lipinski definition) is 4. The molecule has 2 N–H and O–H groups in total. The monoisotopic (exact) mass is 384 g/mol. The largest absolute Gasteiger partial charge is 0.495 e. The first-order chi connectivity index (χ1) is 13.2. The van der Waals surface area contributed by atoms with Crippen molar-refractivity contribution in [3.8, 4) is 11.5 Å². The van der Waals surface area contributed by atoms with E-state index in [-0.39, 0.29) is 23.8 Å². The number of rotatable bonds is 7. The van der Waals surface area contributed by atoms with E-state index in [1.807, 2.05) is 25.1 Å². The van der Waals surface area contributed by atoms with Crippen LogP contribution < -0.4 is 20.1 Å². The maximum Gasteiger partial charge on any atom is 0.251 e. The van der Waals surface area contributed by atoms with Crippen molar-refractivity contribution in [2.45, 2.75) is 33.1 Å². The van der Waals surface area contributed by atoms with Crippen LogP contribution in [0.1, 0.15) is 43.6 Å². The van der Waals surface area contributed by atoms with Gasteiger partial charge in [-0.2, -0.15) is 0 Å². The summed E-state index contributed by atoms with van der Waals surface area (Å²) >= 11 is 0. The Labute approximate surface area is 166 Å². The highest BCUT2D eigenvalue weighted by Crippen LogP contribution is 2.31. The van der Waals surface area contributed by atoms with E-state index in [4.69, 9.17) is 9.47 Å². The zero-order valence-electron chi connectivity index (χ0n) is 17.1. The quantitative estimate of drug-likeness (QED) is 0.762. The van der Waals surface area contributed by atoms with Gasteiger partial charge in [-0.1, -0.05) is 26.8 Å². The van der Waals surface area contributed by atoms with Gasteiger partial charge in [0.25, 0.3) is 5.91 Å². The van der Waals surface area contributed by atoms with E-state index in [1.54, 1.807) is 31.4 Å². The van der Waals surface area contributed by atoms with Crippen molar-refractivity contribution in [3.05, 3.63) is 53.6 Å². The van der Waals surface area contributed by atoms with Gasteiger partial charge in [0.15, 0.2) is 0 Å². The van der Waals surface area contributed by atoms with Crippen LogP contribution in [0.2, 0.25) is 0 Å². The molecule has 0 aliphatic rings. The van der Waals surface area contributed by atoms with Gasteiger partial charge in [-0.3, -0.25) is 9.59 Å². The van der Waals surface area contributed by atoms with Crippen molar-refractivity contribution in [2.75, 3.05) is 25.6 Å². The first-order valence-electron chi connectivity index (χ1n) is 9.24. The fourth-order valence-corrected chi connectivity index (χ4v) is 2.60. The molecule has 0 atom stereocenters. The van der Waals surface area contributed by atoms with Crippen LogP contribution in [0.25, 0.3) is 0 Å². The molecule has 0 spiro atoms. The number of anilines is 1. The first-order valence-corrected chi connectivity index (χ1v) is 9.24. The zero-order chi connectivity index (χ0) is 20.7. The van der Waals surface area contributed by atoms with Crippen LogP contribution in [0, 0.1) is 0 Å². The van der Waals surface area contributed by atoms with E-state index in [9.17, 15) is 9.59 Å². The summed E-state index contributed by atoms with van der Waals surface area (Å²) in [4.78, 5) is 24.5. The van der Waals surface area contributed by atoms with Gasteiger partial charge < -0.3 is 20.1 Å². The molecule has 150 valence electrons. The average Bonchev–Trinajstić information content (AvgIpc) is 2.66. The molecule has 0 saturated heterocycles. The molecule has 0 saturated carbocycles. The van der Waals surface area contributed by atoms with Gasteiger partial charge in [-0.25, -0.2) is 0 Å². The van der Waals surface area contributed by atoms with Gasteiger partial charge in [0, 0.05) is 5.56 Å². The molecule has 0 unspecified atom stereocenters. The molecule has 0 aliphatic heterocycles. The van der Waals surface area contributed by atoms with Gasteiger partial charge in [-0.05, 0) is 54.3 Å². The van der Waals surface area contributed by atoms with E-state index in [1.165, 1.54) is 0 Å². The van der Waals surface area contributed by atoms with E-state index >= 15 is 0 Å². The highest BCUT2D eigenvalue weighted by atomic mass is 16.5. The van der Waals surface area contributed by atoms with E-state index in [0.29, 0.717) is 29.4 Å². The molecule has 0 aromatic heterocycles. The van der Waals surface area contributed by atoms with Crippen LogP contribution in [-0.2, 0) is 10.2 Å². The first kappa shape index (κ1) is 21.3. The molecule has 6 nitrogen and oxygen atoms in total. The molecule has 2 aromatic rings. The molecule has 6 heteroatoms. The van der Waals surface area contributed by atoms with Crippen molar-refractivity contribution >= 4 is 17.5 Å². The molecule has 28 heavy (non-hydrogen) atoms. The SMILES string of the molecule is CCOc1ccc(C(=O)NCC(=O)Nc2cc(C(C)(C)C)ccc2OC)cc1. The predicted molar refractivity (Wildman–Crippen MR) is 110 cm³/mol. The summed E-state index contributed by atoms with van der Waals surface area (Å²) in [5.74, 6) is 0.610. The van der Waals surface area contributed by atoms with Crippen molar-refractivity contribution in [2.24, 2.45) is 0 Å². The highest BCUT2D eigenvalue weighted by molar-refractivity contribution is 5.99. The number of carbonyl (C=O) groups is 2. The number of methoxy groups -OCH3 is 1. The number of nitrogens with one attached hydrogen (secondary N) is 2. The van der Waals surface area contributed by atoms with Crippen molar-refractivity contribution in [1.29, 1.82) is 0 Å². The molecule has 0 aliphatic carbocycles. The topological polar surface area (TPSA) is 76.7 Å². The van der Waals surface area contributed by atoms with Crippen LogP contribution in [0.5, 0.6) is 11.5 Å². The molecule has 0 radical (unpaired) electrons. The number of amides is 2. The van der Waals surface area contributed by atoms with Crippen molar-refractivity contribution in [1.82, 2.24) is 5.32 Å². The standard InChI is InChI=1S/C22H28N2O4/c1-6-28-17-10-7-15(8-11-17)21(26)23-14-20(25)24-18-13-16(22(2,3)4)9-12-19(18)27-5/h7-13H,6,14H2,1-5H3,(H,23,26)(H,24,25). The van der Waals surface area contributed by atoms with Gasteiger partial charge in [-0.15, -0.1) is 0 Å². The molecule has 2 aromatic carbocycles. The molecule has 2 amide bonds.